The van der Waals surface area contributed by atoms with Crippen LogP contribution < -0.4 is 10.6 Å². The van der Waals surface area contributed by atoms with Gasteiger partial charge in [-0.1, -0.05) is 36.5 Å². The molecule has 0 saturated heterocycles. The molecule has 0 saturated carbocycles. The molecule has 5 nitrogen and oxygen atoms in total. The standard InChI is InChI=1S/C9H10Cl2N4OS2/c1-5(17-6(2)11)4-12-8(16)14-9-13-7(3-10)15-18-9/h1-4H2,(H2,12,13,14,15,16). The zero-order valence-corrected chi connectivity index (χ0v) is 12.3. The van der Waals surface area contributed by atoms with Crippen LogP contribution in [0.1, 0.15) is 5.82 Å². The molecule has 0 aliphatic heterocycles. The van der Waals surface area contributed by atoms with Crippen molar-refractivity contribution in [2.24, 2.45) is 0 Å². The molecule has 1 rings (SSSR count). The van der Waals surface area contributed by atoms with E-state index in [1.54, 1.807) is 0 Å². The lowest BCUT2D eigenvalue weighted by atomic mass is 10.6. The van der Waals surface area contributed by atoms with Crippen LogP contribution in [0, 0.1) is 0 Å². The van der Waals surface area contributed by atoms with E-state index in [1.165, 1.54) is 11.8 Å². The van der Waals surface area contributed by atoms with Crippen molar-refractivity contribution in [2.45, 2.75) is 5.88 Å². The third kappa shape index (κ3) is 5.72. The fourth-order valence-corrected chi connectivity index (χ4v) is 2.43. The largest absolute Gasteiger partial charge is 0.333 e. The van der Waals surface area contributed by atoms with Crippen molar-refractivity contribution < 1.29 is 4.79 Å². The highest BCUT2D eigenvalue weighted by Gasteiger charge is 2.07. The van der Waals surface area contributed by atoms with E-state index in [0.29, 0.717) is 20.2 Å². The summed E-state index contributed by atoms with van der Waals surface area (Å²) in [5, 5.41) is 5.53. The number of rotatable bonds is 6. The third-order valence-electron chi connectivity index (χ3n) is 1.51. The highest BCUT2D eigenvalue weighted by Crippen LogP contribution is 2.24. The number of urea groups is 1. The van der Waals surface area contributed by atoms with Crippen molar-refractivity contribution in [3.63, 3.8) is 0 Å². The molecule has 1 aromatic heterocycles. The summed E-state index contributed by atoms with van der Waals surface area (Å²) in [4.78, 5) is 16.1. The smallest absolute Gasteiger partial charge is 0.321 e. The van der Waals surface area contributed by atoms with E-state index in [-0.39, 0.29) is 12.4 Å². The maximum Gasteiger partial charge on any atom is 0.321 e. The van der Waals surface area contributed by atoms with Crippen molar-refractivity contribution in [1.82, 2.24) is 14.7 Å². The third-order valence-corrected chi connectivity index (χ3v) is 3.30. The quantitative estimate of drug-likeness (QED) is 0.787. The number of hydrogen-bond acceptors (Lipinski definition) is 5. The summed E-state index contributed by atoms with van der Waals surface area (Å²) in [6.45, 7) is 7.52. The van der Waals surface area contributed by atoms with Gasteiger partial charge in [0.25, 0.3) is 0 Å². The van der Waals surface area contributed by atoms with E-state index >= 15 is 0 Å². The second-order valence-electron chi connectivity index (χ2n) is 2.95. The van der Waals surface area contributed by atoms with Crippen LogP contribution in [-0.4, -0.2) is 21.9 Å². The van der Waals surface area contributed by atoms with E-state index < -0.39 is 6.03 Å². The van der Waals surface area contributed by atoms with Crippen molar-refractivity contribution >= 4 is 57.7 Å². The molecule has 0 aliphatic rings. The Morgan fingerprint density at radius 3 is 2.78 bits per heavy atom. The first-order chi connectivity index (χ1) is 8.51. The Bertz CT molecular complexity index is 463. The number of aromatic nitrogens is 2. The molecule has 2 amide bonds. The molecule has 1 aromatic rings. The fourth-order valence-electron chi connectivity index (χ4n) is 0.872. The highest BCUT2D eigenvalue weighted by atomic mass is 35.5. The number of thioether (sulfide) groups is 1. The van der Waals surface area contributed by atoms with Gasteiger partial charge in [0, 0.05) is 16.4 Å². The first-order valence-corrected chi connectivity index (χ1v) is 7.15. The lowest BCUT2D eigenvalue weighted by Crippen LogP contribution is -2.29. The Kier molecular flexibility index (Phi) is 6.48. The van der Waals surface area contributed by atoms with Crippen LogP contribution in [0.3, 0.4) is 0 Å². The first kappa shape index (κ1) is 15.3. The summed E-state index contributed by atoms with van der Waals surface area (Å²) in [5.74, 6) is 0.695. The molecule has 0 atom stereocenters. The van der Waals surface area contributed by atoms with Crippen molar-refractivity contribution in [3.05, 3.63) is 28.3 Å². The molecule has 0 spiro atoms. The summed E-state index contributed by atoms with van der Waals surface area (Å²) in [5.41, 5.74) is 0. The predicted molar refractivity (Wildman–Crippen MR) is 78.2 cm³/mol. The maximum absolute atomic E-state index is 11.5. The predicted octanol–water partition coefficient (Wildman–Crippen LogP) is 3.36. The zero-order chi connectivity index (χ0) is 13.5. The van der Waals surface area contributed by atoms with E-state index in [0.717, 1.165) is 11.5 Å². The number of alkyl halides is 1. The Morgan fingerprint density at radius 2 is 2.22 bits per heavy atom. The van der Waals surface area contributed by atoms with Gasteiger partial charge in [-0.25, -0.2) is 9.78 Å². The normalized spacial score (nSPS) is 9.89. The highest BCUT2D eigenvalue weighted by molar-refractivity contribution is 8.08. The van der Waals surface area contributed by atoms with Crippen LogP contribution in [0.5, 0.6) is 0 Å². The Labute approximate surface area is 123 Å². The minimum Gasteiger partial charge on any atom is -0.333 e. The van der Waals surface area contributed by atoms with Gasteiger partial charge in [0.2, 0.25) is 5.13 Å². The molecule has 0 aliphatic carbocycles. The first-order valence-electron chi connectivity index (χ1n) is 4.64. The Morgan fingerprint density at radius 1 is 1.50 bits per heavy atom. The molecule has 18 heavy (non-hydrogen) atoms. The van der Waals surface area contributed by atoms with E-state index in [1.807, 2.05) is 0 Å². The van der Waals surface area contributed by atoms with Crippen LogP contribution in [0.4, 0.5) is 9.93 Å². The van der Waals surface area contributed by atoms with Crippen LogP contribution in [0.15, 0.2) is 22.4 Å². The maximum atomic E-state index is 11.5. The number of nitrogens with zero attached hydrogens (tertiary/aromatic N) is 2. The summed E-state index contributed by atoms with van der Waals surface area (Å²) in [6, 6.07) is -0.394. The molecule has 2 N–H and O–H groups in total. The van der Waals surface area contributed by atoms with Crippen LogP contribution in [0.2, 0.25) is 0 Å². The molecule has 0 radical (unpaired) electrons. The minimum absolute atomic E-state index is 0.213. The number of carbonyl (C=O) groups excluding carboxylic acids is 1. The summed E-state index contributed by atoms with van der Waals surface area (Å²) in [7, 11) is 0. The second kappa shape index (κ2) is 7.63. The van der Waals surface area contributed by atoms with Crippen LogP contribution >= 0.6 is 46.5 Å². The number of amides is 2. The van der Waals surface area contributed by atoms with Crippen molar-refractivity contribution in [3.8, 4) is 0 Å². The topological polar surface area (TPSA) is 66.9 Å². The molecule has 0 unspecified atom stereocenters. The van der Waals surface area contributed by atoms with E-state index in [4.69, 9.17) is 23.2 Å². The number of anilines is 1. The monoisotopic (exact) mass is 324 g/mol. The summed E-state index contributed by atoms with van der Waals surface area (Å²) >= 11 is 13.4. The van der Waals surface area contributed by atoms with Gasteiger partial charge in [-0.05, 0) is 0 Å². The van der Waals surface area contributed by atoms with Crippen LogP contribution in [-0.2, 0) is 5.88 Å². The van der Waals surface area contributed by atoms with Gasteiger partial charge in [-0.2, -0.15) is 4.37 Å². The van der Waals surface area contributed by atoms with Gasteiger partial charge >= 0.3 is 6.03 Å². The molecule has 0 fully saturated rings. The average Bonchev–Trinajstić information content (AvgIpc) is 2.73. The lowest BCUT2D eigenvalue weighted by molar-refractivity contribution is 0.253. The molecule has 0 aromatic carbocycles. The number of nitrogens with one attached hydrogen (secondary N) is 2. The van der Waals surface area contributed by atoms with Gasteiger partial charge in [0.15, 0.2) is 5.82 Å². The Hall–Kier alpha value is -0.760. The number of hydrogen-bond donors (Lipinski definition) is 2. The van der Waals surface area contributed by atoms with E-state index in [9.17, 15) is 4.79 Å². The SMILES string of the molecule is C=C(Cl)SC(=C)CNC(=O)Nc1nc(CCl)ns1. The molecular weight excluding hydrogens is 315 g/mol. The lowest BCUT2D eigenvalue weighted by Gasteiger charge is -2.06. The zero-order valence-electron chi connectivity index (χ0n) is 9.20. The fraction of sp³-hybridized carbons (Fsp3) is 0.222. The van der Waals surface area contributed by atoms with Gasteiger partial charge < -0.3 is 5.32 Å². The molecule has 1 heterocycles. The summed E-state index contributed by atoms with van der Waals surface area (Å²) in [6.07, 6.45) is 0. The van der Waals surface area contributed by atoms with Crippen molar-refractivity contribution in [2.75, 3.05) is 11.9 Å². The molecule has 0 bridgehead atoms. The van der Waals surface area contributed by atoms with Gasteiger partial charge in [-0.3, -0.25) is 5.32 Å². The van der Waals surface area contributed by atoms with Gasteiger partial charge in [0.1, 0.15) is 0 Å². The average molecular weight is 325 g/mol. The minimum atomic E-state index is -0.394. The number of halogens is 2. The van der Waals surface area contributed by atoms with Gasteiger partial charge in [0.05, 0.1) is 16.8 Å². The van der Waals surface area contributed by atoms with Gasteiger partial charge in [-0.15, -0.1) is 11.6 Å². The molecule has 98 valence electrons. The summed E-state index contributed by atoms with van der Waals surface area (Å²) < 4.78 is 4.33. The number of carbonyl (C=O) groups is 1. The molecule has 9 heteroatoms. The second-order valence-corrected chi connectivity index (χ2v) is 5.93. The Balaban J connectivity index is 2.33. The van der Waals surface area contributed by atoms with Crippen molar-refractivity contribution in [1.29, 1.82) is 0 Å². The molecular formula is C9H10Cl2N4OS2. The van der Waals surface area contributed by atoms with E-state index in [2.05, 4.69) is 33.1 Å². The van der Waals surface area contributed by atoms with Crippen LogP contribution in [0.25, 0.3) is 0 Å².